The molecule has 2 aliphatic rings. The Balaban J connectivity index is 0.00000288. The number of hydrogen-bond acceptors (Lipinski definition) is 2. The SMILES string of the molecule is CN=C(NCCC1CCN(CC(F)(F)F)CC1)NC1CCCC1.I. The lowest BCUT2D eigenvalue weighted by molar-refractivity contribution is -0.148. The number of nitrogens with zero attached hydrogens (tertiary/aromatic N) is 2. The Kier molecular flexibility index (Phi) is 9.69. The molecule has 0 unspecified atom stereocenters. The summed E-state index contributed by atoms with van der Waals surface area (Å²) in [6.07, 6.45) is 3.60. The number of rotatable bonds is 5. The molecule has 0 aromatic heterocycles. The minimum absolute atomic E-state index is 0. The fraction of sp³-hybridized carbons (Fsp3) is 0.938. The molecule has 1 aliphatic carbocycles. The van der Waals surface area contributed by atoms with Crippen LogP contribution in [0.5, 0.6) is 0 Å². The highest BCUT2D eigenvalue weighted by molar-refractivity contribution is 14.0. The van der Waals surface area contributed by atoms with Crippen LogP contribution in [0.1, 0.15) is 44.9 Å². The van der Waals surface area contributed by atoms with Crippen LogP contribution in [-0.2, 0) is 0 Å². The monoisotopic (exact) mass is 462 g/mol. The van der Waals surface area contributed by atoms with E-state index in [0.29, 0.717) is 25.0 Å². The first-order valence-corrected chi connectivity index (χ1v) is 8.72. The van der Waals surface area contributed by atoms with Gasteiger partial charge < -0.3 is 10.6 Å². The lowest BCUT2D eigenvalue weighted by atomic mass is 9.93. The van der Waals surface area contributed by atoms with Gasteiger partial charge in [0.05, 0.1) is 6.54 Å². The predicted octanol–water partition coefficient (Wildman–Crippen LogP) is 3.38. The molecule has 0 atom stereocenters. The lowest BCUT2D eigenvalue weighted by Gasteiger charge is -2.32. The highest BCUT2D eigenvalue weighted by atomic mass is 127. The van der Waals surface area contributed by atoms with Crippen molar-refractivity contribution < 1.29 is 13.2 Å². The van der Waals surface area contributed by atoms with Gasteiger partial charge in [-0.2, -0.15) is 13.2 Å². The van der Waals surface area contributed by atoms with Crippen molar-refractivity contribution in [3.05, 3.63) is 0 Å². The lowest BCUT2D eigenvalue weighted by Crippen LogP contribution is -2.43. The topological polar surface area (TPSA) is 39.7 Å². The summed E-state index contributed by atoms with van der Waals surface area (Å²) in [4.78, 5) is 5.77. The molecule has 2 rings (SSSR count). The maximum atomic E-state index is 12.4. The maximum Gasteiger partial charge on any atom is 0.401 e. The van der Waals surface area contributed by atoms with Crippen molar-refractivity contribution >= 4 is 29.9 Å². The molecule has 0 bridgehead atoms. The van der Waals surface area contributed by atoms with Crippen LogP contribution >= 0.6 is 24.0 Å². The van der Waals surface area contributed by atoms with Crippen molar-refractivity contribution in [3.63, 3.8) is 0 Å². The fourth-order valence-corrected chi connectivity index (χ4v) is 3.54. The van der Waals surface area contributed by atoms with Crippen molar-refractivity contribution in [2.45, 2.75) is 57.2 Å². The predicted molar refractivity (Wildman–Crippen MR) is 102 cm³/mol. The van der Waals surface area contributed by atoms with Gasteiger partial charge in [0, 0.05) is 19.6 Å². The van der Waals surface area contributed by atoms with E-state index in [1.165, 1.54) is 30.6 Å². The van der Waals surface area contributed by atoms with E-state index in [-0.39, 0.29) is 24.0 Å². The number of aliphatic imine (C=N–C) groups is 1. The average Bonchev–Trinajstić information content (AvgIpc) is 2.99. The Morgan fingerprint density at radius 2 is 1.75 bits per heavy atom. The second-order valence-electron chi connectivity index (χ2n) is 6.75. The number of piperidine rings is 1. The molecular formula is C16H30F3IN4. The Morgan fingerprint density at radius 3 is 2.29 bits per heavy atom. The van der Waals surface area contributed by atoms with Crippen LogP contribution in [0.15, 0.2) is 4.99 Å². The first kappa shape index (κ1) is 21.8. The van der Waals surface area contributed by atoms with Gasteiger partial charge in [0.25, 0.3) is 0 Å². The van der Waals surface area contributed by atoms with Gasteiger partial charge in [0.1, 0.15) is 0 Å². The number of halogens is 4. The maximum absolute atomic E-state index is 12.4. The van der Waals surface area contributed by atoms with Gasteiger partial charge >= 0.3 is 6.18 Å². The van der Waals surface area contributed by atoms with E-state index >= 15 is 0 Å². The first-order chi connectivity index (χ1) is 11.0. The summed E-state index contributed by atoms with van der Waals surface area (Å²) in [5.74, 6) is 1.36. The van der Waals surface area contributed by atoms with Crippen molar-refractivity contribution in [3.8, 4) is 0 Å². The molecule has 1 saturated carbocycles. The van der Waals surface area contributed by atoms with E-state index in [9.17, 15) is 13.2 Å². The van der Waals surface area contributed by atoms with E-state index < -0.39 is 12.7 Å². The molecule has 0 spiro atoms. The number of hydrogen-bond donors (Lipinski definition) is 2. The third kappa shape index (κ3) is 8.22. The van der Waals surface area contributed by atoms with E-state index in [1.54, 1.807) is 7.05 Å². The molecule has 1 aliphatic heterocycles. The molecule has 0 aromatic rings. The smallest absolute Gasteiger partial charge is 0.356 e. The molecule has 2 fully saturated rings. The second kappa shape index (κ2) is 10.7. The van der Waals surface area contributed by atoms with Crippen LogP contribution in [0.25, 0.3) is 0 Å². The summed E-state index contributed by atoms with van der Waals surface area (Å²) in [7, 11) is 1.78. The molecule has 142 valence electrons. The van der Waals surface area contributed by atoms with Crippen molar-refractivity contribution in [1.82, 2.24) is 15.5 Å². The van der Waals surface area contributed by atoms with Gasteiger partial charge in [-0.1, -0.05) is 12.8 Å². The number of guanidine groups is 1. The van der Waals surface area contributed by atoms with Gasteiger partial charge in [-0.05, 0) is 51.1 Å². The second-order valence-corrected chi connectivity index (χ2v) is 6.75. The first-order valence-electron chi connectivity index (χ1n) is 8.72. The number of alkyl halides is 3. The fourth-order valence-electron chi connectivity index (χ4n) is 3.54. The Labute approximate surface area is 160 Å². The summed E-state index contributed by atoms with van der Waals surface area (Å²) < 4.78 is 37.1. The Hall–Kier alpha value is -0.250. The Bertz CT molecular complexity index is 376. The largest absolute Gasteiger partial charge is 0.401 e. The average molecular weight is 462 g/mol. The summed E-state index contributed by atoms with van der Waals surface area (Å²) in [5.41, 5.74) is 0. The van der Waals surface area contributed by atoms with Crippen molar-refractivity contribution in [2.24, 2.45) is 10.9 Å². The zero-order valence-corrected chi connectivity index (χ0v) is 16.7. The zero-order valence-electron chi connectivity index (χ0n) is 14.4. The van der Waals surface area contributed by atoms with Gasteiger partial charge in [-0.15, -0.1) is 24.0 Å². The third-order valence-electron chi connectivity index (χ3n) is 4.87. The highest BCUT2D eigenvalue weighted by Gasteiger charge is 2.32. The van der Waals surface area contributed by atoms with Crippen LogP contribution < -0.4 is 10.6 Å². The van der Waals surface area contributed by atoms with Gasteiger partial charge in [0.2, 0.25) is 0 Å². The number of nitrogens with one attached hydrogen (secondary N) is 2. The summed E-state index contributed by atoms with van der Waals surface area (Å²) in [6.45, 7) is 1.17. The molecule has 24 heavy (non-hydrogen) atoms. The summed E-state index contributed by atoms with van der Waals surface area (Å²) in [5, 5.41) is 6.78. The zero-order chi connectivity index (χ0) is 16.7. The molecule has 4 nitrogen and oxygen atoms in total. The molecule has 0 aromatic carbocycles. The van der Waals surface area contributed by atoms with Crippen LogP contribution in [-0.4, -0.2) is 56.3 Å². The minimum Gasteiger partial charge on any atom is -0.356 e. The van der Waals surface area contributed by atoms with Crippen LogP contribution in [0.4, 0.5) is 13.2 Å². The summed E-state index contributed by atoms with van der Waals surface area (Å²) >= 11 is 0. The molecule has 0 radical (unpaired) electrons. The van der Waals surface area contributed by atoms with Crippen LogP contribution in [0.2, 0.25) is 0 Å². The van der Waals surface area contributed by atoms with Gasteiger partial charge in [0.15, 0.2) is 5.96 Å². The van der Waals surface area contributed by atoms with E-state index in [1.807, 2.05) is 0 Å². The van der Waals surface area contributed by atoms with Crippen molar-refractivity contribution in [1.29, 1.82) is 0 Å². The third-order valence-corrected chi connectivity index (χ3v) is 4.87. The molecule has 0 amide bonds. The quantitative estimate of drug-likeness (QED) is 0.374. The molecule has 8 heteroatoms. The molecular weight excluding hydrogens is 432 g/mol. The highest BCUT2D eigenvalue weighted by Crippen LogP contribution is 2.24. The molecule has 1 saturated heterocycles. The van der Waals surface area contributed by atoms with Crippen LogP contribution in [0, 0.1) is 5.92 Å². The van der Waals surface area contributed by atoms with E-state index in [0.717, 1.165) is 31.8 Å². The summed E-state index contributed by atoms with van der Waals surface area (Å²) in [6, 6.07) is 0.534. The minimum atomic E-state index is -4.08. The standard InChI is InChI=1S/C16H29F3N4.HI/c1-20-15(22-14-4-2-3-5-14)21-9-6-13-7-10-23(11-8-13)12-16(17,18)19;/h13-14H,2-12H2,1H3,(H2,20,21,22);1H. The van der Waals surface area contributed by atoms with Crippen LogP contribution in [0.3, 0.4) is 0 Å². The molecule has 1 heterocycles. The molecule has 2 N–H and O–H groups in total. The Morgan fingerprint density at radius 1 is 1.12 bits per heavy atom. The van der Waals surface area contributed by atoms with E-state index in [4.69, 9.17) is 0 Å². The van der Waals surface area contributed by atoms with Crippen molar-refractivity contribution in [2.75, 3.05) is 33.2 Å². The number of likely N-dealkylation sites (tertiary alicyclic amines) is 1. The van der Waals surface area contributed by atoms with Gasteiger partial charge in [-0.25, -0.2) is 0 Å². The van der Waals surface area contributed by atoms with Gasteiger partial charge in [-0.3, -0.25) is 9.89 Å². The van der Waals surface area contributed by atoms with E-state index in [2.05, 4.69) is 15.6 Å². The normalized spacial score (nSPS) is 21.6.